The molecule has 48 valence electrons. The van der Waals surface area contributed by atoms with Gasteiger partial charge in [0.2, 0.25) is 0 Å². The normalized spacial score (nSPS) is 1.14. The molecule has 7 heavy (non-hydrogen) atoms. The molecule has 0 aromatic carbocycles. The van der Waals surface area contributed by atoms with Crippen molar-refractivity contribution in [3.63, 3.8) is 0 Å². The van der Waals surface area contributed by atoms with Gasteiger partial charge in [0, 0.05) is 0 Å². The lowest BCUT2D eigenvalue weighted by Gasteiger charge is -0.890. The molecule has 0 aliphatic rings. The number of rotatable bonds is 0. The summed E-state index contributed by atoms with van der Waals surface area (Å²) in [7, 11) is 0. The highest BCUT2D eigenvalue weighted by molar-refractivity contribution is 7.77. The molecule has 1 N–H and O–H groups in total. The van der Waals surface area contributed by atoms with Crippen LogP contribution in [0.25, 0.3) is 0 Å². The van der Waals surface area contributed by atoms with Crippen LogP contribution in [0.4, 0.5) is 0 Å². The van der Waals surface area contributed by atoms with Crippen LogP contribution in [0.5, 0.6) is 0 Å². The maximum atomic E-state index is 5.50. The molecular weight excluding hydrogens is 106 g/mol. The van der Waals surface area contributed by atoms with E-state index in [0.717, 1.165) is 0 Å². The predicted octanol–water partition coefficient (Wildman–Crippen LogP) is 2.79. The summed E-state index contributed by atoms with van der Waals surface area (Å²) in [5.41, 5.74) is 0. The molecule has 0 heterocycles. The summed E-state index contributed by atoms with van der Waals surface area (Å²) in [6.07, 6.45) is 0. The lowest BCUT2D eigenvalue weighted by Crippen LogP contribution is -0.827. The third-order valence-corrected chi connectivity index (χ3v) is 0. The first-order valence-corrected chi connectivity index (χ1v) is 1.22. The van der Waals surface area contributed by atoms with Crippen LogP contribution < -0.4 is 0 Å². The molecule has 0 bridgehead atoms. The summed E-state index contributed by atoms with van der Waals surface area (Å²) in [5, 5.41) is 5.50. The number of nitrogens with one attached hydrogen (secondary N) is 1. The van der Waals surface area contributed by atoms with E-state index in [-0.39, 0.29) is 22.3 Å². The van der Waals surface area contributed by atoms with Crippen molar-refractivity contribution in [2.24, 2.45) is 0 Å². The Kier molecular flexibility index (Phi) is 23400. The van der Waals surface area contributed by atoms with Gasteiger partial charge in [-0.3, -0.25) is 0 Å². The molecule has 0 rings (SSSR count). The van der Waals surface area contributed by atoms with Crippen LogP contribution in [0, 0.1) is 5.41 Å². The second-order valence-electron chi connectivity index (χ2n) is 0. The highest BCUT2D eigenvalue weighted by Gasteiger charge is 0.642. The molecule has 0 fully saturated rings. The monoisotopic (exact) mass is 123 g/mol. The molecule has 0 aliphatic heterocycles. The van der Waals surface area contributed by atoms with Crippen LogP contribution in [-0.4, -0.2) is 12.6 Å². The first-order chi connectivity index (χ1) is 2.00. The minimum Gasteiger partial charge on any atom is -0.317 e. The Balaban J connectivity index is -0.00000000267. The first kappa shape index (κ1) is 72.4. The number of hydrogen-bond acceptors (Lipinski definition) is 2. The molecule has 0 spiro atoms. The Bertz CT molecular complexity index is 10.0. The highest BCUT2D eigenvalue weighted by Crippen LogP contribution is 1.03. The van der Waals surface area contributed by atoms with Gasteiger partial charge in [-0.15, -0.1) is 0 Å². The molecule has 0 saturated heterocycles. The van der Waals surface area contributed by atoms with E-state index in [2.05, 4.69) is 24.8 Å². The van der Waals surface area contributed by atoms with Crippen molar-refractivity contribution in [2.45, 2.75) is 22.3 Å². The summed E-state index contributed by atoms with van der Waals surface area (Å²) in [6.45, 7) is 2.50. The van der Waals surface area contributed by atoms with Gasteiger partial charge in [0.25, 0.3) is 0 Å². The second kappa shape index (κ2) is 2270. The van der Waals surface area contributed by atoms with Gasteiger partial charge in [-0.1, -0.05) is 34.5 Å². The third-order valence-electron chi connectivity index (χ3n) is 0. The lowest BCUT2D eigenvalue weighted by molar-refractivity contribution is 1.61. The summed E-state index contributed by atoms with van der Waals surface area (Å²) < 4.78 is 0. The van der Waals surface area contributed by atoms with Crippen LogP contribution in [0.1, 0.15) is 22.3 Å². The summed E-state index contributed by atoms with van der Waals surface area (Å²) in [5.74, 6) is 2.83. The maximum Gasteiger partial charge on any atom is -0.0187 e. The van der Waals surface area contributed by atoms with Crippen molar-refractivity contribution in [1.82, 2.24) is 0 Å². The minimum absolute atomic E-state index is 0. The van der Waals surface area contributed by atoms with Gasteiger partial charge in [-0.2, -0.15) is 0 Å². The molecule has 0 aromatic heterocycles. The Hall–Kier alpha value is -0.240. The molecule has 0 unspecified atom stereocenters. The van der Waals surface area contributed by atoms with E-state index in [1.54, 1.807) is 0 Å². The van der Waals surface area contributed by atoms with E-state index in [1.165, 1.54) is 0 Å². The summed E-state index contributed by atoms with van der Waals surface area (Å²) >= 11 is 3.83. The molecule has 1 nitrogen and oxygen atoms in total. The number of thiocarbonyl (C=S) groups is 1. The molecule has 0 saturated carbocycles. The van der Waals surface area contributed by atoms with Gasteiger partial charge in [0.1, 0.15) is 0 Å². The molecule has 0 aromatic rings. The fraction of sp³-hybridized carbons (Fsp3) is 0.600. The van der Waals surface area contributed by atoms with Crippen molar-refractivity contribution in [1.29, 1.82) is 5.41 Å². The SMILES string of the molecule is C.C.C.C=N.C=S. The zero-order valence-electron chi connectivity index (χ0n) is 2.32. The van der Waals surface area contributed by atoms with E-state index < -0.39 is 0 Å². The van der Waals surface area contributed by atoms with Gasteiger partial charge in [0.05, 0.1) is 0 Å². The average Bonchev–Trinajstić information content (AvgIpc) is 1.50. The Morgan fingerprint density at radius 2 is 0.857 bits per heavy atom. The zero-order chi connectivity index (χ0) is 4.00. The molecule has 2 heteroatoms. The van der Waals surface area contributed by atoms with Crippen LogP contribution >= 0.6 is 12.2 Å². The smallest absolute Gasteiger partial charge is 0.0187 e. The zero-order valence-corrected chi connectivity index (χ0v) is 3.14. The highest BCUT2D eigenvalue weighted by atomic mass is 32.1. The van der Waals surface area contributed by atoms with Crippen LogP contribution in [0.2, 0.25) is 0 Å². The van der Waals surface area contributed by atoms with E-state index in [4.69, 9.17) is 5.41 Å². The number of hydrogen-bond donors (Lipinski definition) is 1. The molecule has 0 amide bonds. The fourth-order valence-electron chi connectivity index (χ4n) is 0. The molecule has 0 atom stereocenters. The van der Waals surface area contributed by atoms with E-state index in [0.29, 0.717) is 0 Å². The average molecular weight is 123 g/mol. The minimum atomic E-state index is 0. The first-order valence-electron chi connectivity index (χ1n) is 0.642. The Labute approximate surface area is 53.3 Å². The topological polar surface area (TPSA) is 23.9 Å². The Morgan fingerprint density at radius 1 is 0.857 bits per heavy atom. The van der Waals surface area contributed by atoms with Crippen molar-refractivity contribution in [3.05, 3.63) is 0 Å². The second-order valence-corrected chi connectivity index (χ2v) is 0. The predicted molar refractivity (Wildman–Crippen MR) is 44.7 cm³/mol. The van der Waals surface area contributed by atoms with Crippen LogP contribution in [-0.2, 0) is 0 Å². The van der Waals surface area contributed by atoms with Crippen molar-refractivity contribution >= 4 is 24.8 Å². The van der Waals surface area contributed by atoms with Crippen LogP contribution in [0.15, 0.2) is 0 Å². The van der Waals surface area contributed by atoms with Crippen molar-refractivity contribution < 1.29 is 0 Å². The molecule has 0 aliphatic carbocycles. The van der Waals surface area contributed by atoms with Crippen LogP contribution in [0.3, 0.4) is 0 Å². The third kappa shape index (κ3) is 1410. The van der Waals surface area contributed by atoms with Gasteiger partial charge in [0.15, 0.2) is 0 Å². The largest absolute Gasteiger partial charge is 0.317 e. The van der Waals surface area contributed by atoms with Gasteiger partial charge in [-0.05, 0) is 12.6 Å². The molecule has 0 radical (unpaired) electrons. The Morgan fingerprint density at radius 3 is 0.857 bits per heavy atom. The summed E-state index contributed by atoms with van der Waals surface area (Å²) in [4.78, 5) is 0. The van der Waals surface area contributed by atoms with Crippen molar-refractivity contribution in [3.8, 4) is 0 Å². The van der Waals surface area contributed by atoms with E-state index >= 15 is 0 Å². The quantitative estimate of drug-likeness (QED) is 0.388. The van der Waals surface area contributed by atoms with Gasteiger partial charge < -0.3 is 5.41 Å². The van der Waals surface area contributed by atoms with Gasteiger partial charge in [-0.25, -0.2) is 0 Å². The van der Waals surface area contributed by atoms with Gasteiger partial charge >= 0.3 is 0 Å². The lowest BCUT2D eigenvalue weighted by atomic mass is 11.8. The van der Waals surface area contributed by atoms with E-state index in [9.17, 15) is 0 Å². The standard InChI is InChI=1S/CH3N.CH2S.3CH4/c2*1-2;;;/h2H,1H2;1H2;3*1H4. The fourth-order valence-corrected chi connectivity index (χ4v) is 0. The summed E-state index contributed by atoms with van der Waals surface area (Å²) in [6, 6.07) is 0. The van der Waals surface area contributed by atoms with Crippen molar-refractivity contribution in [2.75, 3.05) is 0 Å². The maximum absolute atomic E-state index is 5.50. The van der Waals surface area contributed by atoms with E-state index in [1.807, 2.05) is 0 Å². The molecular formula is C5H17NS.